The highest BCUT2D eigenvalue weighted by Gasteiger charge is 2.70. The van der Waals surface area contributed by atoms with Gasteiger partial charge in [0, 0.05) is 29.2 Å². The van der Waals surface area contributed by atoms with Crippen LogP contribution in [0.25, 0.3) is 0 Å². The third-order valence-corrected chi connectivity index (χ3v) is 12.6. The molecule has 1 amide bonds. The van der Waals surface area contributed by atoms with Crippen molar-refractivity contribution in [1.29, 1.82) is 5.26 Å². The second-order valence-corrected chi connectivity index (χ2v) is 15.8. The number of hydrogen-bond acceptors (Lipinski definition) is 4. The molecular weight excluding hydrogens is 510 g/mol. The van der Waals surface area contributed by atoms with Gasteiger partial charge in [-0.2, -0.15) is 14.0 Å². The first-order valence-electron chi connectivity index (χ1n) is 14.8. The number of Topliss-reactive ketones (excluding diaryl/α,β-unsaturated/α-hetero) is 1. The Labute approximate surface area is 237 Å². The SMILES string of the molecule is CC1(C)CC[C@]2(NC(=O)C(C)(F)F)CCC3(C)C(C(=O)C=C4C5(C)C=C(C#N)C(=O)C(C)(C)C5CCC43C)C2C1. The second kappa shape index (κ2) is 8.35. The Morgan fingerprint density at radius 2 is 1.65 bits per heavy atom. The first kappa shape index (κ1) is 29.1. The normalized spacial score (nSPS) is 43.6. The van der Waals surface area contributed by atoms with Gasteiger partial charge in [-0.05, 0) is 79.1 Å². The van der Waals surface area contributed by atoms with E-state index in [1.54, 1.807) is 6.08 Å². The van der Waals surface area contributed by atoms with Gasteiger partial charge in [0.2, 0.25) is 0 Å². The summed E-state index contributed by atoms with van der Waals surface area (Å²) in [5, 5.41) is 12.7. The van der Waals surface area contributed by atoms with Crippen molar-refractivity contribution < 1.29 is 23.2 Å². The van der Waals surface area contributed by atoms with E-state index in [-0.39, 0.29) is 34.4 Å². The summed E-state index contributed by atoms with van der Waals surface area (Å²) in [4.78, 5) is 40.3. The third-order valence-electron chi connectivity index (χ3n) is 12.6. The highest BCUT2D eigenvalue weighted by Crippen LogP contribution is 2.73. The number of ketones is 2. The predicted molar refractivity (Wildman–Crippen MR) is 148 cm³/mol. The average Bonchev–Trinajstić information content (AvgIpc) is 2.83. The van der Waals surface area contributed by atoms with Crippen LogP contribution in [0.4, 0.5) is 8.78 Å². The maximum Gasteiger partial charge on any atom is 0.321 e. The van der Waals surface area contributed by atoms with Crippen LogP contribution in [0.15, 0.2) is 23.3 Å². The number of nitriles is 1. The van der Waals surface area contributed by atoms with Crippen LogP contribution in [0.5, 0.6) is 0 Å². The fourth-order valence-corrected chi connectivity index (χ4v) is 10.2. The van der Waals surface area contributed by atoms with E-state index in [9.17, 15) is 28.4 Å². The topological polar surface area (TPSA) is 87.0 Å². The minimum Gasteiger partial charge on any atom is -0.345 e. The van der Waals surface area contributed by atoms with Crippen molar-refractivity contribution in [1.82, 2.24) is 5.32 Å². The number of carbonyl (C=O) groups is 3. The molecule has 5 aliphatic carbocycles. The van der Waals surface area contributed by atoms with Gasteiger partial charge < -0.3 is 5.32 Å². The van der Waals surface area contributed by atoms with Gasteiger partial charge in [-0.15, -0.1) is 0 Å². The zero-order valence-electron chi connectivity index (χ0n) is 25.3. The standard InChI is InChI=1S/C33H44F2N2O3/c1-27(2)11-13-33(37-26(40)32(8,34)35)14-12-31(7)24(20(33)17-27)21(38)15-23-29(5)16-19(18-36)25(39)28(3,4)22(29)9-10-30(23,31)6/h15-16,20,22,24H,9-14,17H2,1-8H3,(H,37,40)/t20?,22?,24?,29?,30?,31?,33-/m0/s1. The largest absolute Gasteiger partial charge is 0.345 e. The van der Waals surface area contributed by atoms with Gasteiger partial charge in [-0.1, -0.05) is 60.1 Å². The summed E-state index contributed by atoms with van der Waals surface area (Å²) in [5.74, 6) is -5.62. The van der Waals surface area contributed by atoms with Crippen LogP contribution in [0.2, 0.25) is 0 Å². The molecule has 6 unspecified atom stereocenters. The fourth-order valence-electron chi connectivity index (χ4n) is 10.2. The number of nitrogens with zero attached hydrogens (tertiary/aromatic N) is 1. The third kappa shape index (κ3) is 3.69. The summed E-state index contributed by atoms with van der Waals surface area (Å²) >= 11 is 0. The summed E-state index contributed by atoms with van der Waals surface area (Å²) in [6, 6.07) is 2.13. The molecule has 5 nitrogen and oxygen atoms in total. The molecule has 218 valence electrons. The molecule has 5 rings (SSSR count). The molecule has 0 spiro atoms. The molecule has 0 aliphatic heterocycles. The monoisotopic (exact) mass is 554 g/mol. The number of fused-ring (bicyclic) bond motifs is 7. The first-order valence-corrected chi connectivity index (χ1v) is 14.8. The van der Waals surface area contributed by atoms with Crippen LogP contribution in [0.3, 0.4) is 0 Å². The quantitative estimate of drug-likeness (QED) is 0.410. The molecule has 1 N–H and O–H groups in total. The highest BCUT2D eigenvalue weighted by atomic mass is 19.3. The lowest BCUT2D eigenvalue weighted by molar-refractivity contribution is -0.168. The van der Waals surface area contributed by atoms with Crippen molar-refractivity contribution in [2.24, 2.45) is 44.8 Å². The predicted octanol–water partition coefficient (Wildman–Crippen LogP) is 6.73. The number of halogens is 2. The maximum absolute atomic E-state index is 14.4. The zero-order valence-corrected chi connectivity index (χ0v) is 25.3. The maximum atomic E-state index is 14.4. The second-order valence-electron chi connectivity index (χ2n) is 15.8. The Balaban J connectivity index is 1.67. The molecule has 40 heavy (non-hydrogen) atoms. The Morgan fingerprint density at radius 3 is 2.25 bits per heavy atom. The van der Waals surface area contributed by atoms with Gasteiger partial charge in [0.25, 0.3) is 5.91 Å². The molecule has 7 heteroatoms. The van der Waals surface area contributed by atoms with Gasteiger partial charge in [-0.25, -0.2) is 0 Å². The van der Waals surface area contributed by atoms with E-state index in [0.29, 0.717) is 32.6 Å². The van der Waals surface area contributed by atoms with Gasteiger partial charge in [0.1, 0.15) is 6.07 Å². The molecule has 3 fully saturated rings. The summed E-state index contributed by atoms with van der Waals surface area (Å²) in [6.07, 6.45) is 8.42. The number of hydrogen-bond donors (Lipinski definition) is 1. The molecule has 0 bridgehead atoms. The smallest absolute Gasteiger partial charge is 0.321 e. The average molecular weight is 555 g/mol. The number of nitrogens with one attached hydrogen (secondary N) is 1. The summed E-state index contributed by atoms with van der Waals surface area (Å²) < 4.78 is 28.3. The van der Waals surface area contributed by atoms with Gasteiger partial charge in [0.15, 0.2) is 11.6 Å². The lowest BCUT2D eigenvalue weighted by atomic mass is 9.35. The van der Waals surface area contributed by atoms with Crippen LogP contribution < -0.4 is 5.32 Å². The summed E-state index contributed by atoms with van der Waals surface area (Å²) in [7, 11) is 0. The molecule has 0 aromatic carbocycles. The number of amides is 1. The van der Waals surface area contributed by atoms with Crippen molar-refractivity contribution in [3.8, 4) is 6.07 Å². The fraction of sp³-hybridized carbons (Fsp3) is 0.758. The number of alkyl halides is 2. The molecule has 7 atom stereocenters. The van der Waals surface area contributed by atoms with Crippen LogP contribution >= 0.6 is 0 Å². The summed E-state index contributed by atoms with van der Waals surface area (Å²) in [6.45, 7) is 15.3. The Kier molecular flexibility index (Phi) is 6.09. The minimum absolute atomic E-state index is 0.0113. The number of carbonyl (C=O) groups excluding carboxylic acids is 3. The zero-order chi connectivity index (χ0) is 29.9. The van der Waals surface area contributed by atoms with E-state index in [1.165, 1.54) is 0 Å². The van der Waals surface area contributed by atoms with Crippen LogP contribution in [0.1, 0.15) is 100 Å². The molecular formula is C33H44F2N2O3. The van der Waals surface area contributed by atoms with Crippen molar-refractivity contribution in [2.75, 3.05) is 0 Å². The molecule has 0 saturated heterocycles. The minimum atomic E-state index is -3.49. The van der Waals surface area contributed by atoms with E-state index in [4.69, 9.17) is 0 Å². The molecule has 5 aliphatic rings. The first-order chi connectivity index (χ1) is 18.2. The highest BCUT2D eigenvalue weighted by molar-refractivity contribution is 6.04. The van der Waals surface area contributed by atoms with E-state index in [1.807, 2.05) is 19.9 Å². The van der Waals surface area contributed by atoms with Gasteiger partial charge >= 0.3 is 5.92 Å². The van der Waals surface area contributed by atoms with Crippen molar-refractivity contribution >= 4 is 17.5 Å². The van der Waals surface area contributed by atoms with Crippen LogP contribution in [0, 0.1) is 56.2 Å². The molecule has 3 saturated carbocycles. The lowest BCUT2D eigenvalue weighted by Gasteiger charge is -2.69. The number of allylic oxidation sites excluding steroid dienone is 4. The van der Waals surface area contributed by atoms with E-state index < -0.39 is 44.9 Å². The molecule has 0 heterocycles. The van der Waals surface area contributed by atoms with Crippen LogP contribution in [-0.4, -0.2) is 28.9 Å². The van der Waals surface area contributed by atoms with E-state index in [2.05, 4.69) is 46.0 Å². The van der Waals surface area contributed by atoms with Crippen LogP contribution in [-0.2, 0) is 14.4 Å². The van der Waals surface area contributed by atoms with Gasteiger partial charge in [0.05, 0.1) is 5.57 Å². The molecule has 0 radical (unpaired) electrons. The van der Waals surface area contributed by atoms with Crippen molar-refractivity contribution in [2.45, 2.75) is 112 Å². The van der Waals surface area contributed by atoms with Gasteiger partial charge in [-0.3, -0.25) is 14.4 Å². The molecule has 0 aromatic heterocycles. The lowest BCUT2D eigenvalue weighted by Crippen LogP contribution is -2.70. The van der Waals surface area contributed by atoms with E-state index in [0.717, 1.165) is 24.8 Å². The molecule has 0 aromatic rings. The number of rotatable bonds is 2. The Morgan fingerprint density at radius 1 is 1.02 bits per heavy atom. The van der Waals surface area contributed by atoms with Crippen molar-refractivity contribution in [3.63, 3.8) is 0 Å². The summed E-state index contributed by atoms with van der Waals surface area (Å²) in [5.41, 5.74) is -1.98. The van der Waals surface area contributed by atoms with E-state index >= 15 is 0 Å². The Bertz CT molecular complexity index is 1300. The van der Waals surface area contributed by atoms with Crippen molar-refractivity contribution in [3.05, 3.63) is 23.3 Å². The Hall–Kier alpha value is -2.36.